The molecule has 0 unspecified atom stereocenters. The molecule has 2 rings (SSSR count). The van der Waals surface area contributed by atoms with E-state index in [9.17, 15) is 0 Å². The zero-order chi connectivity index (χ0) is 9.42. The first-order chi connectivity index (χ1) is 6.16. The molecule has 2 heterocycles. The normalized spacial score (nSPS) is 16.6. The third kappa shape index (κ3) is 1.59. The fraction of sp³-hybridized carbons (Fsp3) is 0.545. The Morgan fingerprint density at radius 3 is 2.69 bits per heavy atom. The summed E-state index contributed by atoms with van der Waals surface area (Å²) < 4.78 is 0. The molecule has 2 nitrogen and oxygen atoms in total. The van der Waals surface area contributed by atoms with Crippen LogP contribution < -0.4 is 0 Å². The van der Waals surface area contributed by atoms with Crippen molar-refractivity contribution in [2.45, 2.75) is 32.9 Å². The van der Waals surface area contributed by atoms with E-state index in [0.29, 0.717) is 5.92 Å². The standard InChI is InChI=1S/C11H16N2/c1-8(2)11-4-9-6-13(3)7-10(9)5-12-11/h4-5,8H,6-7H2,1-3H3. The molecule has 0 saturated heterocycles. The smallest absolute Gasteiger partial charge is 0.0432 e. The van der Waals surface area contributed by atoms with Crippen LogP contribution in [-0.4, -0.2) is 16.9 Å². The molecule has 0 N–H and O–H groups in total. The predicted molar refractivity (Wildman–Crippen MR) is 53.5 cm³/mol. The van der Waals surface area contributed by atoms with E-state index in [2.05, 4.69) is 36.8 Å². The van der Waals surface area contributed by atoms with Crippen molar-refractivity contribution in [3.8, 4) is 0 Å². The molecule has 0 fully saturated rings. The van der Waals surface area contributed by atoms with Gasteiger partial charge in [0.25, 0.3) is 0 Å². The monoisotopic (exact) mass is 176 g/mol. The molecule has 2 heteroatoms. The molecule has 0 saturated carbocycles. The Labute approximate surface area is 79.6 Å². The molecule has 0 aliphatic carbocycles. The van der Waals surface area contributed by atoms with Gasteiger partial charge in [0.1, 0.15) is 0 Å². The lowest BCUT2D eigenvalue weighted by molar-refractivity contribution is 0.353. The number of aromatic nitrogens is 1. The second-order valence-corrected chi connectivity index (χ2v) is 4.20. The van der Waals surface area contributed by atoms with Crippen molar-refractivity contribution in [1.29, 1.82) is 0 Å². The molecular weight excluding hydrogens is 160 g/mol. The zero-order valence-electron chi connectivity index (χ0n) is 8.54. The first-order valence-electron chi connectivity index (χ1n) is 4.83. The largest absolute Gasteiger partial charge is 0.298 e. The minimum atomic E-state index is 0.538. The second-order valence-electron chi connectivity index (χ2n) is 4.20. The quantitative estimate of drug-likeness (QED) is 0.651. The first-order valence-corrected chi connectivity index (χ1v) is 4.83. The molecule has 1 aliphatic heterocycles. The van der Waals surface area contributed by atoms with Crippen LogP contribution in [0.3, 0.4) is 0 Å². The average Bonchev–Trinajstić information content (AvgIpc) is 2.42. The molecule has 0 bridgehead atoms. The van der Waals surface area contributed by atoms with Crippen molar-refractivity contribution in [2.24, 2.45) is 0 Å². The van der Waals surface area contributed by atoms with Gasteiger partial charge in [0.05, 0.1) is 0 Å². The predicted octanol–water partition coefficient (Wildman–Crippen LogP) is 2.15. The molecular formula is C11H16N2. The summed E-state index contributed by atoms with van der Waals surface area (Å²) >= 11 is 0. The van der Waals surface area contributed by atoms with E-state index in [4.69, 9.17) is 0 Å². The first kappa shape index (κ1) is 8.70. The van der Waals surface area contributed by atoms with Crippen molar-refractivity contribution < 1.29 is 0 Å². The topological polar surface area (TPSA) is 16.1 Å². The van der Waals surface area contributed by atoms with E-state index in [1.165, 1.54) is 16.8 Å². The molecule has 0 spiro atoms. The van der Waals surface area contributed by atoms with Crippen molar-refractivity contribution in [1.82, 2.24) is 9.88 Å². The van der Waals surface area contributed by atoms with Crippen molar-refractivity contribution in [3.63, 3.8) is 0 Å². The SMILES string of the molecule is CC(C)c1cc2c(cn1)CN(C)C2. The number of hydrogen-bond acceptors (Lipinski definition) is 2. The van der Waals surface area contributed by atoms with Gasteiger partial charge in [-0.15, -0.1) is 0 Å². The number of fused-ring (bicyclic) bond motifs is 1. The van der Waals surface area contributed by atoms with E-state index >= 15 is 0 Å². The fourth-order valence-corrected chi connectivity index (χ4v) is 1.79. The van der Waals surface area contributed by atoms with Crippen LogP contribution in [0.4, 0.5) is 0 Å². The lowest BCUT2D eigenvalue weighted by Crippen LogP contribution is -2.07. The van der Waals surface area contributed by atoms with Crippen molar-refractivity contribution in [3.05, 3.63) is 29.1 Å². The number of pyridine rings is 1. The van der Waals surface area contributed by atoms with E-state index in [1.54, 1.807) is 0 Å². The summed E-state index contributed by atoms with van der Waals surface area (Å²) in [7, 11) is 2.15. The molecule has 1 aromatic heterocycles. The van der Waals surface area contributed by atoms with Crippen LogP contribution in [0, 0.1) is 0 Å². The van der Waals surface area contributed by atoms with Crippen LogP contribution in [0.25, 0.3) is 0 Å². The summed E-state index contributed by atoms with van der Waals surface area (Å²) in [6.07, 6.45) is 2.04. The third-order valence-electron chi connectivity index (χ3n) is 2.58. The summed E-state index contributed by atoms with van der Waals surface area (Å²) in [5.41, 5.74) is 4.07. The highest BCUT2D eigenvalue weighted by molar-refractivity contribution is 5.30. The highest BCUT2D eigenvalue weighted by atomic mass is 15.1. The Morgan fingerprint density at radius 2 is 2.00 bits per heavy atom. The average molecular weight is 176 g/mol. The zero-order valence-corrected chi connectivity index (χ0v) is 8.54. The maximum Gasteiger partial charge on any atom is 0.0432 e. The lowest BCUT2D eigenvalue weighted by atomic mass is 10.1. The number of rotatable bonds is 1. The van der Waals surface area contributed by atoms with Gasteiger partial charge in [-0.3, -0.25) is 9.88 Å². The van der Waals surface area contributed by atoms with Crippen LogP contribution in [0.5, 0.6) is 0 Å². The molecule has 0 radical (unpaired) electrons. The highest BCUT2D eigenvalue weighted by Gasteiger charge is 2.16. The molecule has 0 atom stereocenters. The van der Waals surface area contributed by atoms with Crippen LogP contribution in [0.15, 0.2) is 12.3 Å². The van der Waals surface area contributed by atoms with Gasteiger partial charge in [0, 0.05) is 25.0 Å². The van der Waals surface area contributed by atoms with Gasteiger partial charge in [0.15, 0.2) is 0 Å². The Balaban J connectivity index is 2.35. The number of hydrogen-bond donors (Lipinski definition) is 0. The molecule has 0 aromatic carbocycles. The molecule has 0 amide bonds. The lowest BCUT2D eigenvalue weighted by Gasteiger charge is -2.05. The van der Waals surface area contributed by atoms with Crippen LogP contribution in [0.2, 0.25) is 0 Å². The highest BCUT2D eigenvalue weighted by Crippen LogP contribution is 2.23. The van der Waals surface area contributed by atoms with Crippen LogP contribution >= 0.6 is 0 Å². The summed E-state index contributed by atoms with van der Waals surface area (Å²) in [5.74, 6) is 0.538. The van der Waals surface area contributed by atoms with E-state index in [1.807, 2.05) is 6.20 Å². The van der Waals surface area contributed by atoms with E-state index in [0.717, 1.165) is 13.1 Å². The summed E-state index contributed by atoms with van der Waals surface area (Å²) in [6, 6.07) is 2.25. The molecule has 70 valence electrons. The van der Waals surface area contributed by atoms with Gasteiger partial charge in [-0.05, 0) is 30.2 Å². The maximum atomic E-state index is 4.46. The van der Waals surface area contributed by atoms with Crippen LogP contribution in [-0.2, 0) is 13.1 Å². The second kappa shape index (κ2) is 3.11. The summed E-state index contributed by atoms with van der Waals surface area (Å²) in [4.78, 5) is 6.77. The Bertz CT molecular complexity index is 318. The van der Waals surface area contributed by atoms with Crippen molar-refractivity contribution >= 4 is 0 Å². The van der Waals surface area contributed by atoms with E-state index < -0.39 is 0 Å². The van der Waals surface area contributed by atoms with Gasteiger partial charge in [0.2, 0.25) is 0 Å². The Hall–Kier alpha value is -0.890. The van der Waals surface area contributed by atoms with Gasteiger partial charge in [-0.25, -0.2) is 0 Å². The minimum Gasteiger partial charge on any atom is -0.298 e. The molecule has 13 heavy (non-hydrogen) atoms. The van der Waals surface area contributed by atoms with Gasteiger partial charge in [-0.1, -0.05) is 13.8 Å². The van der Waals surface area contributed by atoms with Crippen LogP contribution in [0.1, 0.15) is 36.6 Å². The maximum absolute atomic E-state index is 4.46. The Kier molecular flexibility index (Phi) is 2.08. The van der Waals surface area contributed by atoms with Crippen molar-refractivity contribution in [2.75, 3.05) is 7.05 Å². The summed E-state index contributed by atoms with van der Waals surface area (Å²) in [5, 5.41) is 0. The van der Waals surface area contributed by atoms with Gasteiger partial charge >= 0.3 is 0 Å². The molecule has 1 aliphatic rings. The third-order valence-corrected chi connectivity index (χ3v) is 2.58. The Morgan fingerprint density at radius 1 is 1.31 bits per heavy atom. The van der Waals surface area contributed by atoms with E-state index in [-0.39, 0.29) is 0 Å². The van der Waals surface area contributed by atoms with Gasteiger partial charge < -0.3 is 0 Å². The number of nitrogens with zero attached hydrogens (tertiary/aromatic N) is 2. The van der Waals surface area contributed by atoms with Gasteiger partial charge in [-0.2, -0.15) is 0 Å². The minimum absolute atomic E-state index is 0.538. The fourth-order valence-electron chi connectivity index (χ4n) is 1.79. The summed E-state index contributed by atoms with van der Waals surface area (Å²) in [6.45, 7) is 6.51. The molecule has 1 aromatic rings.